The minimum absolute atomic E-state index is 0.0437. The van der Waals surface area contributed by atoms with Crippen LogP contribution in [0.4, 0.5) is 11.4 Å². The average molecular weight is 601 g/mol. The molecule has 1 heterocycles. The first kappa shape index (κ1) is 24.7. The molecule has 1 aliphatic rings. The van der Waals surface area contributed by atoms with Crippen molar-refractivity contribution in [3.8, 4) is 11.5 Å². The highest BCUT2D eigenvalue weighted by molar-refractivity contribution is 14.1. The molecule has 0 radical (unpaired) electrons. The van der Waals surface area contributed by atoms with Gasteiger partial charge in [-0.1, -0.05) is 6.07 Å². The number of amidine groups is 1. The molecule has 10 heteroatoms. The molecule has 3 aromatic carbocycles. The van der Waals surface area contributed by atoms with Crippen molar-refractivity contribution in [3.63, 3.8) is 0 Å². The number of ether oxygens (including phenoxy) is 2. The van der Waals surface area contributed by atoms with Gasteiger partial charge in [-0.25, -0.2) is 4.99 Å². The number of hydrogen-bond acceptors (Lipinski definition) is 7. The lowest BCUT2D eigenvalue weighted by molar-refractivity contribution is -0.384. The smallest absolute Gasteiger partial charge is 0.269 e. The van der Waals surface area contributed by atoms with Crippen molar-refractivity contribution in [2.75, 3.05) is 6.61 Å². The minimum Gasteiger partial charge on any atom is -0.494 e. The maximum atomic E-state index is 12.4. The van der Waals surface area contributed by atoms with E-state index in [-0.39, 0.29) is 18.2 Å². The van der Waals surface area contributed by atoms with Crippen LogP contribution in [0.5, 0.6) is 11.5 Å². The Balaban J connectivity index is 1.40. The van der Waals surface area contributed by atoms with Crippen LogP contribution in [-0.2, 0) is 11.4 Å². The molecule has 1 fully saturated rings. The number of aliphatic imine (C=N–C) groups is 1. The fourth-order valence-corrected chi connectivity index (χ4v) is 4.67. The molecular weight excluding hydrogens is 581 g/mol. The van der Waals surface area contributed by atoms with E-state index in [2.05, 4.69) is 32.9 Å². The van der Waals surface area contributed by atoms with Crippen LogP contribution in [-0.4, -0.2) is 22.6 Å². The first-order valence-corrected chi connectivity index (χ1v) is 12.5. The number of benzene rings is 3. The van der Waals surface area contributed by atoms with Gasteiger partial charge in [-0.05, 0) is 107 Å². The summed E-state index contributed by atoms with van der Waals surface area (Å²) in [6, 6.07) is 19.2. The average Bonchev–Trinajstić information content (AvgIpc) is 3.18. The molecule has 0 atom stereocenters. The van der Waals surface area contributed by atoms with E-state index in [1.165, 1.54) is 23.9 Å². The molecule has 0 bridgehead atoms. The number of nitro benzene ring substituents is 1. The van der Waals surface area contributed by atoms with Crippen LogP contribution in [0.25, 0.3) is 6.08 Å². The van der Waals surface area contributed by atoms with Gasteiger partial charge in [-0.2, -0.15) is 0 Å². The van der Waals surface area contributed by atoms with Crippen molar-refractivity contribution in [1.29, 1.82) is 0 Å². The number of rotatable bonds is 8. The standard InChI is InChI=1S/C25H20IN3O5S/c1-2-33-20-10-6-18(7-11-20)27-25-28-24(30)23(35-25)14-17-5-12-22(21(26)13-17)34-15-16-3-8-19(9-4-16)29(31)32/h3-14H,2,15H2,1H3,(H,27,28,30)/b23-14+. The Morgan fingerprint density at radius 2 is 1.83 bits per heavy atom. The minimum atomic E-state index is -0.432. The molecule has 1 aliphatic heterocycles. The van der Waals surface area contributed by atoms with Crippen LogP contribution in [0.3, 0.4) is 0 Å². The molecule has 0 spiro atoms. The van der Waals surface area contributed by atoms with Crippen LogP contribution >= 0.6 is 34.4 Å². The number of nitrogens with zero attached hydrogens (tertiary/aromatic N) is 2. The first-order valence-electron chi connectivity index (χ1n) is 10.6. The van der Waals surface area contributed by atoms with Crippen LogP contribution in [0.2, 0.25) is 0 Å². The Labute approximate surface area is 219 Å². The lowest BCUT2D eigenvalue weighted by atomic mass is 10.2. The molecule has 0 aliphatic carbocycles. The van der Waals surface area contributed by atoms with E-state index in [1.54, 1.807) is 12.1 Å². The van der Waals surface area contributed by atoms with E-state index in [0.29, 0.717) is 22.4 Å². The number of thioether (sulfide) groups is 1. The summed E-state index contributed by atoms with van der Waals surface area (Å²) in [6.45, 7) is 2.81. The summed E-state index contributed by atoms with van der Waals surface area (Å²) in [7, 11) is 0. The van der Waals surface area contributed by atoms with Crippen molar-refractivity contribution >= 4 is 62.9 Å². The molecular formula is C25H20IN3O5S. The Kier molecular flexibility index (Phi) is 8.03. The molecule has 178 valence electrons. The second-order valence-electron chi connectivity index (χ2n) is 7.31. The van der Waals surface area contributed by atoms with Crippen molar-refractivity contribution in [2.45, 2.75) is 13.5 Å². The number of amides is 1. The van der Waals surface area contributed by atoms with Crippen molar-refractivity contribution < 1.29 is 19.2 Å². The zero-order valence-electron chi connectivity index (χ0n) is 18.6. The van der Waals surface area contributed by atoms with E-state index in [1.807, 2.05) is 55.5 Å². The van der Waals surface area contributed by atoms with Gasteiger partial charge < -0.3 is 14.8 Å². The highest BCUT2D eigenvalue weighted by atomic mass is 127. The van der Waals surface area contributed by atoms with Crippen LogP contribution in [0.15, 0.2) is 76.6 Å². The summed E-state index contributed by atoms with van der Waals surface area (Å²) in [6.07, 6.45) is 1.81. The topological polar surface area (TPSA) is 103 Å². The molecule has 0 unspecified atom stereocenters. The van der Waals surface area contributed by atoms with Gasteiger partial charge in [-0.15, -0.1) is 0 Å². The molecule has 1 saturated heterocycles. The zero-order valence-corrected chi connectivity index (χ0v) is 21.5. The van der Waals surface area contributed by atoms with Gasteiger partial charge in [0, 0.05) is 12.1 Å². The third-order valence-electron chi connectivity index (χ3n) is 4.82. The summed E-state index contributed by atoms with van der Waals surface area (Å²) in [5.74, 6) is 1.26. The first-order chi connectivity index (χ1) is 16.9. The van der Waals surface area contributed by atoms with E-state index in [9.17, 15) is 14.9 Å². The maximum Gasteiger partial charge on any atom is 0.269 e. The van der Waals surface area contributed by atoms with Gasteiger partial charge >= 0.3 is 0 Å². The summed E-state index contributed by atoms with van der Waals surface area (Å²) < 4.78 is 12.2. The molecule has 3 aromatic rings. The molecule has 1 amide bonds. The highest BCUT2D eigenvalue weighted by Gasteiger charge is 2.24. The number of halogens is 1. The Bertz CT molecular complexity index is 1310. The Hall–Kier alpha value is -3.38. The third kappa shape index (κ3) is 6.61. The number of hydrogen-bond donors (Lipinski definition) is 1. The molecule has 4 rings (SSSR count). The molecule has 0 aromatic heterocycles. The van der Waals surface area contributed by atoms with E-state index < -0.39 is 4.92 Å². The molecule has 0 saturated carbocycles. The lowest BCUT2D eigenvalue weighted by Crippen LogP contribution is -2.19. The summed E-state index contributed by atoms with van der Waals surface area (Å²) >= 11 is 3.46. The number of carbonyl (C=O) groups excluding carboxylic acids is 1. The SMILES string of the molecule is CCOc1ccc(N=C2NC(=O)/C(=C\c3ccc(OCc4ccc([N+](=O)[O-])cc4)c(I)c3)S2)cc1. The Morgan fingerprint density at radius 3 is 2.49 bits per heavy atom. The molecule has 1 N–H and O–H groups in total. The van der Waals surface area contributed by atoms with E-state index >= 15 is 0 Å². The number of carbonyl (C=O) groups is 1. The van der Waals surface area contributed by atoms with Gasteiger partial charge in [0.15, 0.2) is 5.17 Å². The lowest BCUT2D eigenvalue weighted by Gasteiger charge is -2.09. The van der Waals surface area contributed by atoms with Gasteiger partial charge in [0.2, 0.25) is 0 Å². The van der Waals surface area contributed by atoms with Gasteiger partial charge in [0.25, 0.3) is 11.6 Å². The molecule has 8 nitrogen and oxygen atoms in total. The summed E-state index contributed by atoms with van der Waals surface area (Å²) in [5, 5.41) is 14.1. The monoisotopic (exact) mass is 601 g/mol. The second kappa shape index (κ2) is 11.4. The van der Waals surface area contributed by atoms with Crippen LogP contribution in [0, 0.1) is 13.7 Å². The quantitative estimate of drug-likeness (QED) is 0.146. The summed E-state index contributed by atoms with van der Waals surface area (Å²) in [4.78, 5) is 27.8. The zero-order chi connectivity index (χ0) is 24.8. The predicted molar refractivity (Wildman–Crippen MR) is 145 cm³/mol. The van der Waals surface area contributed by atoms with E-state index in [0.717, 1.165) is 26.1 Å². The van der Waals surface area contributed by atoms with Gasteiger partial charge in [0.1, 0.15) is 18.1 Å². The third-order valence-corrected chi connectivity index (χ3v) is 6.58. The van der Waals surface area contributed by atoms with Crippen LogP contribution < -0.4 is 14.8 Å². The summed E-state index contributed by atoms with van der Waals surface area (Å²) in [5.41, 5.74) is 2.46. The predicted octanol–water partition coefficient (Wildman–Crippen LogP) is 6.07. The van der Waals surface area contributed by atoms with Crippen molar-refractivity contribution in [1.82, 2.24) is 5.32 Å². The van der Waals surface area contributed by atoms with Crippen LogP contribution in [0.1, 0.15) is 18.1 Å². The fourth-order valence-electron chi connectivity index (χ4n) is 3.13. The van der Waals surface area contributed by atoms with E-state index in [4.69, 9.17) is 9.47 Å². The maximum absolute atomic E-state index is 12.4. The van der Waals surface area contributed by atoms with Gasteiger partial charge in [0.05, 0.1) is 25.7 Å². The van der Waals surface area contributed by atoms with Crippen molar-refractivity contribution in [2.24, 2.45) is 4.99 Å². The van der Waals surface area contributed by atoms with Crippen molar-refractivity contribution in [3.05, 3.63) is 96.4 Å². The normalized spacial score (nSPS) is 15.3. The largest absolute Gasteiger partial charge is 0.494 e. The van der Waals surface area contributed by atoms with Gasteiger partial charge in [-0.3, -0.25) is 14.9 Å². The molecule has 35 heavy (non-hydrogen) atoms. The number of nitrogens with one attached hydrogen (secondary N) is 1. The Morgan fingerprint density at radius 1 is 1.09 bits per heavy atom. The number of non-ortho nitro benzene ring substituents is 1. The highest BCUT2D eigenvalue weighted by Crippen LogP contribution is 2.30. The second-order valence-corrected chi connectivity index (χ2v) is 9.50. The number of nitro groups is 1. The fraction of sp³-hybridized carbons (Fsp3) is 0.120.